The standard InChI is InChI=1S/C29H41N9O4/c1-16(2)37(14-21-22(39)23(40)26(42-21)38-12-9-18-24(30)32-15-33-25(18)38)11-6-10-31-28(41)36-27-34-19-8-7-17(29(3,4)5)13-20(19)35-27/h7-9,12-13,15-16,21-23,26,39-40H,6,10-11,14H2,1-5H3,(H2,30,32,33)(H3,31,34,35,36,41)/t21?,22-,23-,26-/m1/s1. The molecule has 7 N–H and O–H groups in total. The number of urea groups is 1. The highest BCUT2D eigenvalue weighted by atomic mass is 16.6. The minimum atomic E-state index is -1.14. The highest BCUT2D eigenvalue weighted by Gasteiger charge is 2.44. The number of rotatable bonds is 9. The third kappa shape index (κ3) is 6.19. The summed E-state index contributed by atoms with van der Waals surface area (Å²) in [7, 11) is 0. The van der Waals surface area contributed by atoms with Gasteiger partial charge in [-0.3, -0.25) is 10.2 Å². The number of H-pyrrole nitrogens is 1. The minimum Gasteiger partial charge on any atom is -0.387 e. The summed E-state index contributed by atoms with van der Waals surface area (Å²) >= 11 is 0. The molecular weight excluding hydrogens is 538 g/mol. The second kappa shape index (κ2) is 11.8. The number of ether oxygens (including phenoxy) is 1. The first kappa shape index (κ1) is 29.7. The van der Waals surface area contributed by atoms with Crippen molar-refractivity contribution in [1.82, 2.24) is 34.7 Å². The molecule has 4 heterocycles. The van der Waals surface area contributed by atoms with Gasteiger partial charge in [-0.05, 0) is 49.4 Å². The number of carbonyl (C=O) groups is 1. The Hall–Kier alpha value is -3.78. The van der Waals surface area contributed by atoms with Crippen molar-refractivity contribution >= 4 is 39.9 Å². The average molecular weight is 580 g/mol. The van der Waals surface area contributed by atoms with E-state index in [1.165, 1.54) is 11.9 Å². The molecule has 5 rings (SSSR count). The van der Waals surface area contributed by atoms with Crippen LogP contribution in [-0.4, -0.2) is 89.6 Å². The van der Waals surface area contributed by atoms with E-state index < -0.39 is 24.5 Å². The van der Waals surface area contributed by atoms with Crippen LogP contribution in [0.4, 0.5) is 16.6 Å². The maximum absolute atomic E-state index is 12.5. The first-order valence-electron chi connectivity index (χ1n) is 14.3. The summed E-state index contributed by atoms with van der Waals surface area (Å²) in [5, 5.41) is 28.0. The van der Waals surface area contributed by atoms with E-state index in [1.54, 1.807) is 16.8 Å². The van der Waals surface area contributed by atoms with Crippen molar-refractivity contribution < 1.29 is 19.7 Å². The number of amides is 2. The Bertz CT molecular complexity index is 1540. The zero-order chi connectivity index (χ0) is 30.2. The number of nitrogen functional groups attached to an aromatic ring is 1. The van der Waals surface area contributed by atoms with E-state index in [2.05, 4.69) is 82.2 Å². The zero-order valence-electron chi connectivity index (χ0n) is 24.7. The number of nitrogens with two attached hydrogens (primary N) is 1. The van der Waals surface area contributed by atoms with Crippen LogP contribution >= 0.6 is 0 Å². The fourth-order valence-corrected chi connectivity index (χ4v) is 5.27. The molecule has 1 saturated heterocycles. The molecule has 0 saturated carbocycles. The van der Waals surface area contributed by atoms with Crippen LogP contribution in [0.3, 0.4) is 0 Å². The van der Waals surface area contributed by atoms with Gasteiger partial charge in [-0.1, -0.05) is 26.8 Å². The number of aromatic nitrogens is 5. The van der Waals surface area contributed by atoms with E-state index in [0.717, 1.165) is 11.0 Å². The molecule has 1 unspecified atom stereocenters. The summed E-state index contributed by atoms with van der Waals surface area (Å²) in [6.07, 6.45) is 0.108. The molecule has 1 aromatic carbocycles. The smallest absolute Gasteiger partial charge is 0.321 e. The molecule has 0 spiro atoms. The number of benzene rings is 1. The molecule has 0 aliphatic carbocycles. The van der Waals surface area contributed by atoms with Gasteiger partial charge in [0.15, 0.2) is 6.23 Å². The third-order valence-electron chi connectivity index (χ3n) is 7.78. The number of nitrogens with one attached hydrogen (secondary N) is 3. The number of anilines is 2. The van der Waals surface area contributed by atoms with Crippen molar-refractivity contribution in [2.24, 2.45) is 0 Å². The zero-order valence-corrected chi connectivity index (χ0v) is 24.7. The molecule has 1 aliphatic rings. The van der Waals surface area contributed by atoms with Gasteiger partial charge < -0.3 is 35.6 Å². The van der Waals surface area contributed by atoms with Crippen LogP contribution in [0, 0.1) is 0 Å². The fourth-order valence-electron chi connectivity index (χ4n) is 5.27. The summed E-state index contributed by atoms with van der Waals surface area (Å²) in [6.45, 7) is 12.1. The molecule has 0 radical (unpaired) electrons. The van der Waals surface area contributed by atoms with Crippen molar-refractivity contribution in [2.75, 3.05) is 30.7 Å². The van der Waals surface area contributed by atoms with Crippen molar-refractivity contribution in [3.63, 3.8) is 0 Å². The van der Waals surface area contributed by atoms with Gasteiger partial charge in [-0.2, -0.15) is 0 Å². The fraction of sp³-hybridized carbons (Fsp3) is 0.517. The largest absolute Gasteiger partial charge is 0.387 e. The number of hydrogen-bond acceptors (Lipinski definition) is 9. The van der Waals surface area contributed by atoms with Crippen LogP contribution in [0.25, 0.3) is 22.1 Å². The molecule has 1 aliphatic heterocycles. The van der Waals surface area contributed by atoms with E-state index in [1.807, 2.05) is 6.07 Å². The van der Waals surface area contributed by atoms with Gasteiger partial charge in [0, 0.05) is 31.9 Å². The molecule has 4 atom stereocenters. The Morgan fingerprint density at radius 1 is 1.21 bits per heavy atom. The lowest BCUT2D eigenvalue weighted by Gasteiger charge is -2.30. The number of carbonyl (C=O) groups excluding carboxylic acids is 1. The Kier molecular flexibility index (Phi) is 8.37. The van der Waals surface area contributed by atoms with Crippen LogP contribution in [0.2, 0.25) is 0 Å². The first-order valence-corrected chi connectivity index (χ1v) is 14.3. The van der Waals surface area contributed by atoms with Gasteiger partial charge in [0.25, 0.3) is 0 Å². The second-order valence-corrected chi connectivity index (χ2v) is 12.2. The minimum absolute atomic E-state index is 0.0134. The molecule has 2 amide bonds. The number of fused-ring (bicyclic) bond motifs is 2. The van der Waals surface area contributed by atoms with Crippen molar-refractivity contribution in [2.45, 2.75) is 77.0 Å². The summed E-state index contributed by atoms with van der Waals surface area (Å²) in [4.78, 5) is 30.6. The van der Waals surface area contributed by atoms with E-state index in [-0.39, 0.29) is 17.5 Å². The lowest BCUT2D eigenvalue weighted by Crippen LogP contribution is -2.44. The first-order chi connectivity index (χ1) is 19.9. The van der Waals surface area contributed by atoms with Gasteiger partial charge in [-0.25, -0.2) is 19.7 Å². The molecule has 226 valence electrons. The Morgan fingerprint density at radius 3 is 2.74 bits per heavy atom. The maximum atomic E-state index is 12.5. The number of aliphatic hydroxyl groups is 2. The monoisotopic (exact) mass is 579 g/mol. The molecule has 4 aromatic rings. The normalized spacial score (nSPS) is 21.2. The predicted molar refractivity (Wildman–Crippen MR) is 161 cm³/mol. The second-order valence-electron chi connectivity index (χ2n) is 12.2. The van der Waals surface area contributed by atoms with E-state index in [4.69, 9.17) is 10.5 Å². The molecule has 13 heteroatoms. The summed E-state index contributed by atoms with van der Waals surface area (Å²) in [6, 6.07) is 7.64. The van der Waals surface area contributed by atoms with E-state index in [0.29, 0.717) is 48.9 Å². The summed E-state index contributed by atoms with van der Waals surface area (Å²) in [5.74, 6) is 0.728. The quantitative estimate of drug-likeness (QED) is 0.163. The average Bonchev–Trinajstić information content (AvgIpc) is 3.61. The van der Waals surface area contributed by atoms with Crippen LogP contribution in [0.15, 0.2) is 36.8 Å². The van der Waals surface area contributed by atoms with Crippen LogP contribution in [0.5, 0.6) is 0 Å². The SMILES string of the molecule is CC(C)N(CCCNC(=O)Nc1nc2ccc(C(C)(C)C)cc2[nH]1)CC1O[C@@H](n2ccc3c(N)ncnc32)[C@H](O)[C@@H]1O. The van der Waals surface area contributed by atoms with Crippen LogP contribution < -0.4 is 16.4 Å². The molecule has 0 bridgehead atoms. The highest BCUT2D eigenvalue weighted by molar-refractivity contribution is 5.90. The number of imidazole rings is 1. The van der Waals surface area contributed by atoms with Crippen molar-refractivity contribution in [1.29, 1.82) is 0 Å². The number of nitrogens with zero attached hydrogens (tertiary/aromatic N) is 5. The lowest BCUT2D eigenvalue weighted by molar-refractivity contribution is -0.0465. The summed E-state index contributed by atoms with van der Waals surface area (Å²) < 4.78 is 7.83. The molecule has 42 heavy (non-hydrogen) atoms. The van der Waals surface area contributed by atoms with Gasteiger partial charge in [0.05, 0.1) is 16.4 Å². The Labute approximate surface area is 244 Å². The topological polar surface area (TPSA) is 179 Å². The Balaban J connectivity index is 1.12. The van der Waals surface area contributed by atoms with Crippen LogP contribution in [0.1, 0.15) is 52.8 Å². The Morgan fingerprint density at radius 2 is 2.00 bits per heavy atom. The van der Waals surface area contributed by atoms with Gasteiger partial charge in [0.2, 0.25) is 5.95 Å². The maximum Gasteiger partial charge on any atom is 0.321 e. The molecule has 13 nitrogen and oxygen atoms in total. The number of aromatic amines is 1. The van der Waals surface area contributed by atoms with Gasteiger partial charge in [-0.15, -0.1) is 0 Å². The summed E-state index contributed by atoms with van der Waals surface area (Å²) in [5.41, 5.74) is 9.33. The predicted octanol–water partition coefficient (Wildman–Crippen LogP) is 2.73. The van der Waals surface area contributed by atoms with Crippen molar-refractivity contribution in [3.8, 4) is 0 Å². The highest BCUT2D eigenvalue weighted by Crippen LogP contribution is 2.33. The molecular formula is C29H41N9O4. The van der Waals surface area contributed by atoms with E-state index >= 15 is 0 Å². The number of hydrogen-bond donors (Lipinski definition) is 6. The van der Waals surface area contributed by atoms with Gasteiger partial charge in [0.1, 0.15) is 36.1 Å². The lowest BCUT2D eigenvalue weighted by atomic mass is 9.87. The van der Waals surface area contributed by atoms with Gasteiger partial charge >= 0.3 is 6.03 Å². The molecule has 3 aromatic heterocycles. The van der Waals surface area contributed by atoms with Crippen molar-refractivity contribution in [3.05, 3.63) is 42.4 Å². The van der Waals surface area contributed by atoms with Crippen LogP contribution in [-0.2, 0) is 10.2 Å². The molecule has 1 fully saturated rings. The third-order valence-corrected chi connectivity index (χ3v) is 7.78. The van der Waals surface area contributed by atoms with E-state index in [9.17, 15) is 15.0 Å². The number of aliphatic hydroxyl groups excluding tert-OH is 2.